The Morgan fingerprint density at radius 3 is 2.53 bits per heavy atom. The number of nitrogens with zero attached hydrogens (tertiary/aromatic N) is 3. The molecule has 0 aliphatic rings. The predicted octanol–water partition coefficient (Wildman–Crippen LogP) is 3.69. The zero-order chi connectivity index (χ0) is 21.4. The van der Waals surface area contributed by atoms with E-state index in [0.29, 0.717) is 13.1 Å². The number of ether oxygens (including phenoxy) is 1. The fourth-order valence-electron chi connectivity index (χ4n) is 3.11. The van der Waals surface area contributed by atoms with Gasteiger partial charge in [0.05, 0.1) is 11.9 Å². The van der Waals surface area contributed by atoms with Crippen LogP contribution >= 0.6 is 0 Å². The van der Waals surface area contributed by atoms with Crippen molar-refractivity contribution in [1.82, 2.24) is 20.2 Å². The summed E-state index contributed by atoms with van der Waals surface area (Å²) in [5.41, 5.74) is 4.62. The maximum Gasteiger partial charge on any atom is 0.191 e. The molecule has 30 heavy (non-hydrogen) atoms. The molecule has 1 aromatic heterocycles. The number of aromatic nitrogens is 2. The molecule has 2 aromatic carbocycles. The molecule has 0 aliphatic carbocycles. The molecule has 158 valence electrons. The Morgan fingerprint density at radius 2 is 1.87 bits per heavy atom. The molecule has 0 amide bonds. The van der Waals surface area contributed by atoms with Crippen LogP contribution < -0.4 is 10.6 Å². The van der Waals surface area contributed by atoms with Gasteiger partial charge in [0, 0.05) is 46.2 Å². The van der Waals surface area contributed by atoms with E-state index < -0.39 is 0 Å². The highest BCUT2D eigenvalue weighted by Gasteiger charge is 2.16. The van der Waals surface area contributed by atoms with E-state index in [-0.39, 0.29) is 5.60 Å². The lowest BCUT2D eigenvalue weighted by atomic mass is 9.98. The highest BCUT2D eigenvalue weighted by Crippen LogP contribution is 2.24. The summed E-state index contributed by atoms with van der Waals surface area (Å²) in [6.07, 6.45) is 5.61. The third kappa shape index (κ3) is 5.94. The highest BCUT2D eigenvalue weighted by atomic mass is 16.5. The summed E-state index contributed by atoms with van der Waals surface area (Å²) in [6.45, 7) is 6.25. The molecule has 6 heteroatoms. The van der Waals surface area contributed by atoms with Crippen molar-refractivity contribution >= 4 is 5.96 Å². The van der Waals surface area contributed by atoms with E-state index in [1.54, 1.807) is 20.4 Å². The van der Waals surface area contributed by atoms with Crippen LogP contribution in [0.1, 0.15) is 25.0 Å². The molecule has 0 saturated heterocycles. The van der Waals surface area contributed by atoms with Gasteiger partial charge >= 0.3 is 0 Å². The van der Waals surface area contributed by atoms with E-state index in [2.05, 4.69) is 73.7 Å². The maximum absolute atomic E-state index is 5.46. The minimum absolute atomic E-state index is 0.256. The standard InChI is InChI=1S/C24H31N5O/c1-24(2,30-4)17-28-23(25-3)27-15-21-7-5-6-8-22(21)20-11-9-19(10-12-20)16-29-14-13-26-18-29/h5-14,18H,15-17H2,1-4H3,(H2,25,27,28). The zero-order valence-electron chi connectivity index (χ0n) is 18.2. The van der Waals surface area contributed by atoms with Crippen LogP contribution in [0.3, 0.4) is 0 Å². The topological polar surface area (TPSA) is 63.5 Å². The molecule has 6 nitrogen and oxygen atoms in total. The van der Waals surface area contributed by atoms with Crippen molar-refractivity contribution in [2.75, 3.05) is 20.7 Å². The number of methoxy groups -OCH3 is 1. The fraction of sp³-hybridized carbons (Fsp3) is 0.333. The van der Waals surface area contributed by atoms with Gasteiger partial charge in [0.1, 0.15) is 0 Å². The third-order valence-corrected chi connectivity index (χ3v) is 5.11. The molecule has 0 atom stereocenters. The van der Waals surface area contributed by atoms with Crippen LogP contribution in [0.2, 0.25) is 0 Å². The van der Waals surface area contributed by atoms with Crippen LogP contribution in [0.5, 0.6) is 0 Å². The Labute approximate surface area is 179 Å². The largest absolute Gasteiger partial charge is 0.377 e. The number of hydrogen-bond donors (Lipinski definition) is 2. The predicted molar refractivity (Wildman–Crippen MR) is 122 cm³/mol. The van der Waals surface area contributed by atoms with E-state index in [1.165, 1.54) is 22.3 Å². The fourth-order valence-corrected chi connectivity index (χ4v) is 3.11. The van der Waals surface area contributed by atoms with Gasteiger partial charge in [-0.1, -0.05) is 48.5 Å². The lowest BCUT2D eigenvalue weighted by Crippen LogP contribution is -2.45. The van der Waals surface area contributed by atoms with Gasteiger partial charge in [-0.05, 0) is 36.1 Å². The average Bonchev–Trinajstić information content (AvgIpc) is 3.28. The van der Waals surface area contributed by atoms with Crippen molar-refractivity contribution < 1.29 is 4.74 Å². The molecule has 0 aliphatic heterocycles. The van der Waals surface area contributed by atoms with Crippen LogP contribution in [0, 0.1) is 0 Å². The first kappa shape index (κ1) is 21.6. The van der Waals surface area contributed by atoms with E-state index >= 15 is 0 Å². The molecular formula is C24H31N5O. The van der Waals surface area contributed by atoms with Gasteiger partial charge in [0.25, 0.3) is 0 Å². The maximum atomic E-state index is 5.46. The Balaban J connectivity index is 1.67. The number of benzene rings is 2. The number of hydrogen-bond acceptors (Lipinski definition) is 3. The second kappa shape index (κ2) is 10.1. The summed E-state index contributed by atoms with van der Waals surface area (Å²) in [6, 6.07) is 17.2. The van der Waals surface area contributed by atoms with Crippen LogP contribution in [0.15, 0.2) is 72.2 Å². The second-order valence-corrected chi connectivity index (χ2v) is 7.83. The number of rotatable bonds is 8. The van der Waals surface area contributed by atoms with Crippen LogP contribution in [-0.2, 0) is 17.8 Å². The molecule has 0 spiro atoms. The third-order valence-electron chi connectivity index (χ3n) is 5.11. The Kier molecular flexibility index (Phi) is 7.25. The average molecular weight is 406 g/mol. The van der Waals surface area contributed by atoms with E-state index in [1.807, 2.05) is 26.4 Å². The smallest absolute Gasteiger partial charge is 0.191 e. The molecule has 0 radical (unpaired) electrons. The Bertz CT molecular complexity index is 946. The summed E-state index contributed by atoms with van der Waals surface area (Å²) in [5, 5.41) is 6.73. The summed E-state index contributed by atoms with van der Waals surface area (Å²) in [5.74, 6) is 0.755. The summed E-state index contributed by atoms with van der Waals surface area (Å²) in [7, 11) is 3.49. The summed E-state index contributed by atoms with van der Waals surface area (Å²) in [4.78, 5) is 8.42. The van der Waals surface area contributed by atoms with Gasteiger partial charge in [-0.2, -0.15) is 0 Å². The molecular weight excluding hydrogens is 374 g/mol. The SMILES string of the molecule is CN=C(NCc1ccccc1-c1ccc(Cn2ccnc2)cc1)NCC(C)(C)OC. The first-order valence-corrected chi connectivity index (χ1v) is 10.1. The first-order chi connectivity index (χ1) is 14.5. The van der Waals surface area contributed by atoms with Crippen molar-refractivity contribution in [3.05, 3.63) is 78.4 Å². The molecule has 0 bridgehead atoms. The molecule has 0 saturated carbocycles. The zero-order valence-corrected chi connectivity index (χ0v) is 18.2. The first-order valence-electron chi connectivity index (χ1n) is 10.1. The molecule has 3 aromatic rings. The van der Waals surface area contributed by atoms with Crippen molar-refractivity contribution in [3.8, 4) is 11.1 Å². The minimum atomic E-state index is -0.256. The number of imidazole rings is 1. The van der Waals surface area contributed by atoms with E-state index in [4.69, 9.17) is 4.74 Å². The number of guanidine groups is 1. The second-order valence-electron chi connectivity index (χ2n) is 7.83. The monoisotopic (exact) mass is 405 g/mol. The van der Waals surface area contributed by atoms with E-state index in [0.717, 1.165) is 12.5 Å². The molecule has 0 unspecified atom stereocenters. The minimum Gasteiger partial charge on any atom is -0.377 e. The lowest BCUT2D eigenvalue weighted by molar-refractivity contribution is 0.0268. The quantitative estimate of drug-likeness (QED) is 0.443. The van der Waals surface area contributed by atoms with Gasteiger partial charge in [-0.3, -0.25) is 4.99 Å². The van der Waals surface area contributed by atoms with Crippen molar-refractivity contribution in [2.45, 2.75) is 32.5 Å². The van der Waals surface area contributed by atoms with Gasteiger partial charge in [-0.15, -0.1) is 0 Å². The van der Waals surface area contributed by atoms with Crippen molar-refractivity contribution in [3.63, 3.8) is 0 Å². The molecule has 1 heterocycles. The van der Waals surface area contributed by atoms with Gasteiger partial charge < -0.3 is 19.9 Å². The number of nitrogens with one attached hydrogen (secondary N) is 2. The summed E-state index contributed by atoms with van der Waals surface area (Å²) < 4.78 is 7.53. The molecule has 3 rings (SSSR count). The van der Waals surface area contributed by atoms with Crippen LogP contribution in [0.25, 0.3) is 11.1 Å². The van der Waals surface area contributed by atoms with Crippen LogP contribution in [0.4, 0.5) is 0 Å². The van der Waals surface area contributed by atoms with Gasteiger partial charge in [0.15, 0.2) is 5.96 Å². The van der Waals surface area contributed by atoms with Crippen molar-refractivity contribution in [2.24, 2.45) is 4.99 Å². The highest BCUT2D eigenvalue weighted by molar-refractivity contribution is 5.80. The lowest BCUT2D eigenvalue weighted by Gasteiger charge is -2.24. The van der Waals surface area contributed by atoms with Gasteiger partial charge in [-0.25, -0.2) is 4.98 Å². The number of aliphatic imine (C=N–C) groups is 1. The van der Waals surface area contributed by atoms with Gasteiger partial charge in [0.2, 0.25) is 0 Å². The van der Waals surface area contributed by atoms with E-state index in [9.17, 15) is 0 Å². The Morgan fingerprint density at radius 1 is 1.10 bits per heavy atom. The van der Waals surface area contributed by atoms with Crippen LogP contribution in [-0.4, -0.2) is 41.8 Å². The Hall–Kier alpha value is -3.12. The molecule has 0 fully saturated rings. The molecule has 2 N–H and O–H groups in total. The normalized spacial score (nSPS) is 12.1. The van der Waals surface area contributed by atoms with Crippen molar-refractivity contribution in [1.29, 1.82) is 0 Å². The summed E-state index contributed by atoms with van der Waals surface area (Å²) >= 11 is 0.